The Kier molecular flexibility index (Phi) is 7.09. The van der Waals surface area contributed by atoms with Crippen LogP contribution in [-0.2, 0) is 23.1 Å². The summed E-state index contributed by atoms with van der Waals surface area (Å²) in [4.78, 5) is 22.9. The number of aromatic nitrogens is 2. The zero-order valence-corrected chi connectivity index (χ0v) is 22.1. The summed E-state index contributed by atoms with van der Waals surface area (Å²) in [5.74, 6) is 1.16. The summed E-state index contributed by atoms with van der Waals surface area (Å²) in [5.41, 5.74) is 6.32. The maximum Gasteiger partial charge on any atom is 0.227 e. The Labute approximate surface area is 230 Å². The molecule has 6 rings (SSSR count). The molecule has 1 aromatic heterocycles. The molecule has 1 aliphatic heterocycles. The number of imidazole rings is 1. The zero-order valence-electron chi connectivity index (χ0n) is 22.1. The van der Waals surface area contributed by atoms with E-state index in [4.69, 9.17) is 4.98 Å². The predicted molar refractivity (Wildman–Crippen MR) is 157 cm³/mol. The third-order valence-electron chi connectivity index (χ3n) is 7.80. The second kappa shape index (κ2) is 11.1. The first-order chi connectivity index (χ1) is 19.2. The smallest absolute Gasteiger partial charge is 0.227 e. The molecular weight excluding hydrogens is 478 g/mol. The van der Waals surface area contributed by atoms with Crippen LogP contribution in [0.2, 0.25) is 0 Å². The van der Waals surface area contributed by atoms with Crippen LogP contribution in [0.15, 0.2) is 121 Å². The number of anilines is 1. The predicted octanol–water partition coefficient (Wildman–Crippen LogP) is 7.09. The van der Waals surface area contributed by atoms with Crippen molar-refractivity contribution in [3.8, 4) is 0 Å². The van der Waals surface area contributed by atoms with Gasteiger partial charge in [-0.15, -0.1) is 0 Å². The largest absolute Gasteiger partial charge is 0.347 e. The molecular formula is C35H33N3O. The molecule has 0 unspecified atom stereocenters. The number of hydrogen-bond donors (Lipinski definition) is 1. The van der Waals surface area contributed by atoms with Gasteiger partial charge >= 0.3 is 0 Å². The first kappa shape index (κ1) is 24.9. The van der Waals surface area contributed by atoms with Crippen LogP contribution < -0.4 is 4.90 Å². The number of rotatable bonds is 9. The number of H-pyrrole nitrogens is 1. The van der Waals surface area contributed by atoms with Gasteiger partial charge in [0.2, 0.25) is 5.91 Å². The van der Waals surface area contributed by atoms with Crippen LogP contribution in [0, 0.1) is 0 Å². The molecule has 0 spiro atoms. The Balaban J connectivity index is 1.29. The van der Waals surface area contributed by atoms with Crippen molar-refractivity contribution in [3.63, 3.8) is 0 Å². The summed E-state index contributed by atoms with van der Waals surface area (Å²) >= 11 is 0. The fourth-order valence-corrected chi connectivity index (χ4v) is 5.93. The number of benzene rings is 4. The average Bonchev–Trinajstić information content (AvgIpc) is 3.65. The van der Waals surface area contributed by atoms with Crippen molar-refractivity contribution < 1.29 is 4.79 Å². The van der Waals surface area contributed by atoms with Gasteiger partial charge in [-0.25, -0.2) is 4.98 Å². The Morgan fingerprint density at radius 1 is 0.744 bits per heavy atom. The Bertz CT molecular complexity index is 1430. The van der Waals surface area contributed by atoms with E-state index in [2.05, 4.69) is 120 Å². The standard InChI is InChI=1S/C35H33N3O/c39-33-23-12-24-38(33)32-22-11-14-27(25-32)13-10-21-31-26-36-34(37-31)35(28-15-4-1-5-16-28,29-17-6-2-7-18-29)30-19-8-3-9-20-30/h1-9,11,14-20,22,25-26H,10,12-13,21,23-24H2,(H,36,37). The lowest BCUT2D eigenvalue weighted by molar-refractivity contribution is -0.117. The van der Waals surface area contributed by atoms with E-state index in [1.54, 1.807) is 0 Å². The third-order valence-corrected chi connectivity index (χ3v) is 7.80. The van der Waals surface area contributed by atoms with Gasteiger partial charge < -0.3 is 9.88 Å². The first-order valence-electron chi connectivity index (χ1n) is 13.9. The molecule has 0 bridgehead atoms. The van der Waals surface area contributed by atoms with E-state index in [0.717, 1.165) is 49.4 Å². The summed E-state index contributed by atoms with van der Waals surface area (Å²) in [6.07, 6.45) is 6.47. The molecule has 0 saturated carbocycles. The molecule has 2 heterocycles. The van der Waals surface area contributed by atoms with Gasteiger partial charge in [0.05, 0.1) is 5.69 Å². The number of carbonyl (C=O) groups is 1. The summed E-state index contributed by atoms with van der Waals surface area (Å²) < 4.78 is 0. The highest BCUT2D eigenvalue weighted by molar-refractivity contribution is 5.95. The van der Waals surface area contributed by atoms with Crippen LogP contribution in [0.25, 0.3) is 0 Å². The molecule has 5 aromatic rings. The van der Waals surface area contributed by atoms with Crippen molar-refractivity contribution >= 4 is 11.6 Å². The van der Waals surface area contributed by atoms with E-state index >= 15 is 0 Å². The Morgan fingerprint density at radius 2 is 1.36 bits per heavy atom. The maximum absolute atomic E-state index is 12.2. The highest BCUT2D eigenvalue weighted by atomic mass is 16.2. The van der Waals surface area contributed by atoms with E-state index in [-0.39, 0.29) is 5.91 Å². The maximum atomic E-state index is 12.2. The fourth-order valence-electron chi connectivity index (χ4n) is 5.93. The van der Waals surface area contributed by atoms with Gasteiger partial charge in [0.15, 0.2) is 0 Å². The minimum Gasteiger partial charge on any atom is -0.347 e. The SMILES string of the molecule is O=C1CCCN1c1cccc(CCCc2c[nH]c(C(c3ccccc3)(c3ccccc3)c3ccccc3)n2)c1. The highest BCUT2D eigenvalue weighted by Gasteiger charge is 2.40. The summed E-state index contributed by atoms with van der Waals surface area (Å²) in [7, 11) is 0. The lowest BCUT2D eigenvalue weighted by Gasteiger charge is -2.34. The van der Waals surface area contributed by atoms with Gasteiger partial charge in [0.1, 0.15) is 11.2 Å². The van der Waals surface area contributed by atoms with Crippen LogP contribution in [0.5, 0.6) is 0 Å². The van der Waals surface area contributed by atoms with E-state index in [0.29, 0.717) is 6.42 Å². The number of nitrogens with zero attached hydrogens (tertiary/aromatic N) is 2. The molecule has 1 fully saturated rings. The topological polar surface area (TPSA) is 49.0 Å². The van der Waals surface area contributed by atoms with Crippen LogP contribution in [0.4, 0.5) is 5.69 Å². The molecule has 1 aliphatic rings. The lowest BCUT2D eigenvalue weighted by Crippen LogP contribution is -2.32. The van der Waals surface area contributed by atoms with E-state index in [9.17, 15) is 4.79 Å². The molecule has 0 aliphatic carbocycles. The van der Waals surface area contributed by atoms with Crippen LogP contribution in [-0.4, -0.2) is 22.4 Å². The molecule has 1 N–H and O–H groups in total. The molecule has 0 atom stereocenters. The molecule has 39 heavy (non-hydrogen) atoms. The van der Waals surface area contributed by atoms with Gasteiger partial charge in [0.25, 0.3) is 0 Å². The van der Waals surface area contributed by atoms with Gasteiger partial charge in [-0.2, -0.15) is 0 Å². The number of aryl methyl sites for hydroxylation is 2. The summed E-state index contributed by atoms with van der Waals surface area (Å²) in [5, 5.41) is 0. The number of amides is 1. The monoisotopic (exact) mass is 511 g/mol. The van der Waals surface area contributed by atoms with Crippen LogP contribution >= 0.6 is 0 Å². The van der Waals surface area contributed by atoms with Crippen molar-refractivity contribution in [2.75, 3.05) is 11.4 Å². The molecule has 1 amide bonds. The minimum absolute atomic E-state index is 0.231. The van der Waals surface area contributed by atoms with Gasteiger partial charge in [-0.05, 0) is 60.1 Å². The van der Waals surface area contributed by atoms with Crippen molar-refractivity contribution in [3.05, 3.63) is 155 Å². The second-order valence-electron chi connectivity index (χ2n) is 10.3. The van der Waals surface area contributed by atoms with E-state index < -0.39 is 5.41 Å². The normalized spacial score (nSPS) is 13.6. The van der Waals surface area contributed by atoms with E-state index in [1.807, 2.05) is 11.0 Å². The third kappa shape index (κ3) is 4.90. The van der Waals surface area contributed by atoms with Gasteiger partial charge in [-0.3, -0.25) is 4.79 Å². The Morgan fingerprint density at radius 3 is 1.92 bits per heavy atom. The minimum atomic E-state index is -0.557. The zero-order chi connectivity index (χ0) is 26.5. The highest BCUT2D eigenvalue weighted by Crippen LogP contribution is 2.43. The fraction of sp³-hybridized carbons (Fsp3) is 0.200. The molecule has 4 heteroatoms. The second-order valence-corrected chi connectivity index (χ2v) is 10.3. The van der Waals surface area contributed by atoms with Crippen LogP contribution in [0.1, 0.15) is 53.0 Å². The van der Waals surface area contributed by atoms with Crippen molar-refractivity contribution in [2.45, 2.75) is 37.5 Å². The number of nitrogens with one attached hydrogen (secondary N) is 1. The molecule has 194 valence electrons. The number of aromatic amines is 1. The number of hydrogen-bond acceptors (Lipinski definition) is 2. The summed E-state index contributed by atoms with van der Waals surface area (Å²) in [6.45, 7) is 0.824. The summed E-state index contributed by atoms with van der Waals surface area (Å²) in [6, 6.07) is 40.4. The quantitative estimate of drug-likeness (QED) is 0.215. The Hall–Kier alpha value is -4.44. The molecule has 0 radical (unpaired) electrons. The van der Waals surface area contributed by atoms with E-state index in [1.165, 1.54) is 22.3 Å². The molecule has 1 saturated heterocycles. The first-order valence-corrected chi connectivity index (χ1v) is 13.9. The van der Waals surface area contributed by atoms with Crippen LogP contribution in [0.3, 0.4) is 0 Å². The number of carbonyl (C=O) groups excluding carboxylic acids is 1. The van der Waals surface area contributed by atoms with Gasteiger partial charge in [0, 0.05) is 24.8 Å². The molecule has 4 aromatic carbocycles. The lowest BCUT2D eigenvalue weighted by atomic mass is 9.69. The van der Waals surface area contributed by atoms with Crippen molar-refractivity contribution in [1.82, 2.24) is 9.97 Å². The van der Waals surface area contributed by atoms with Crippen molar-refractivity contribution in [2.24, 2.45) is 0 Å². The van der Waals surface area contributed by atoms with Crippen molar-refractivity contribution in [1.29, 1.82) is 0 Å². The van der Waals surface area contributed by atoms with Gasteiger partial charge in [-0.1, -0.05) is 103 Å². The molecule has 4 nitrogen and oxygen atoms in total. The average molecular weight is 512 g/mol.